The van der Waals surface area contributed by atoms with Crippen LogP contribution < -0.4 is 11.1 Å². The third kappa shape index (κ3) is 1.11. The van der Waals surface area contributed by atoms with Crippen LogP contribution in [-0.2, 0) is 13.0 Å². The van der Waals surface area contributed by atoms with Crippen LogP contribution in [0.1, 0.15) is 39.5 Å². The molecule has 0 saturated heterocycles. The number of hydrogen-bond acceptors (Lipinski definition) is 3. The molecule has 0 saturated carbocycles. The first-order valence-electron chi connectivity index (χ1n) is 5.30. The number of nitrogens with two attached hydrogens (primary N) is 1. The van der Waals surface area contributed by atoms with Gasteiger partial charge in [0.25, 0.3) is 5.91 Å². The quantitative estimate of drug-likeness (QED) is 0.690. The van der Waals surface area contributed by atoms with Crippen molar-refractivity contribution in [2.75, 3.05) is 6.54 Å². The molecule has 3 N–H and O–H groups in total. The van der Waals surface area contributed by atoms with E-state index in [1.807, 2.05) is 6.20 Å². The van der Waals surface area contributed by atoms with E-state index in [2.05, 4.69) is 10.3 Å². The zero-order valence-corrected chi connectivity index (χ0v) is 8.42. The van der Waals surface area contributed by atoms with Gasteiger partial charge in [-0.25, -0.2) is 0 Å². The molecule has 2 aliphatic rings. The van der Waals surface area contributed by atoms with Crippen molar-refractivity contribution in [1.82, 2.24) is 10.3 Å². The second-order valence-electron chi connectivity index (χ2n) is 4.18. The molecule has 15 heavy (non-hydrogen) atoms. The first-order chi connectivity index (χ1) is 7.31. The fraction of sp³-hybridized carbons (Fsp3) is 0.455. The van der Waals surface area contributed by atoms with Gasteiger partial charge in [0.05, 0.1) is 5.56 Å². The van der Waals surface area contributed by atoms with Crippen molar-refractivity contribution < 1.29 is 4.79 Å². The summed E-state index contributed by atoms with van der Waals surface area (Å²) in [4.78, 5) is 16.1. The van der Waals surface area contributed by atoms with Gasteiger partial charge in [-0.2, -0.15) is 0 Å². The third-order valence-corrected chi connectivity index (χ3v) is 3.37. The van der Waals surface area contributed by atoms with Gasteiger partial charge < -0.3 is 11.1 Å². The molecule has 1 amide bonds. The highest BCUT2D eigenvalue weighted by Gasteiger charge is 2.31. The molecule has 0 aromatic carbocycles. The molecule has 0 fully saturated rings. The molecule has 4 heteroatoms. The smallest absolute Gasteiger partial charge is 0.252 e. The second-order valence-corrected chi connectivity index (χ2v) is 4.18. The zero-order chi connectivity index (χ0) is 10.4. The van der Waals surface area contributed by atoms with Gasteiger partial charge >= 0.3 is 0 Å². The molecular weight excluding hydrogens is 190 g/mol. The molecule has 3 rings (SSSR count). The number of hydrogen-bond donors (Lipinski definition) is 2. The molecule has 0 radical (unpaired) electrons. The minimum absolute atomic E-state index is 0.0568. The second kappa shape index (κ2) is 3.03. The number of carbonyl (C=O) groups excluding carboxylic acids is 1. The molecule has 1 atom stereocenters. The lowest BCUT2D eigenvalue weighted by Gasteiger charge is -2.08. The molecule has 0 bridgehead atoms. The van der Waals surface area contributed by atoms with E-state index in [1.54, 1.807) is 0 Å². The number of carbonyl (C=O) groups is 1. The van der Waals surface area contributed by atoms with E-state index in [-0.39, 0.29) is 5.91 Å². The van der Waals surface area contributed by atoms with Crippen molar-refractivity contribution in [3.05, 3.63) is 28.6 Å². The predicted molar refractivity (Wildman–Crippen MR) is 55.5 cm³/mol. The van der Waals surface area contributed by atoms with E-state index >= 15 is 0 Å². The summed E-state index contributed by atoms with van der Waals surface area (Å²) in [7, 11) is 0. The molecule has 0 spiro atoms. The molecule has 1 aromatic heterocycles. The number of rotatable bonds is 1. The van der Waals surface area contributed by atoms with E-state index in [4.69, 9.17) is 5.73 Å². The van der Waals surface area contributed by atoms with Crippen molar-refractivity contribution in [3.8, 4) is 0 Å². The molecule has 1 aliphatic carbocycles. The van der Waals surface area contributed by atoms with E-state index < -0.39 is 0 Å². The van der Waals surface area contributed by atoms with Crippen molar-refractivity contribution in [2.45, 2.75) is 25.3 Å². The molecule has 1 aliphatic heterocycles. The Morgan fingerprint density at radius 2 is 2.47 bits per heavy atom. The Morgan fingerprint density at radius 1 is 1.60 bits per heavy atom. The maximum absolute atomic E-state index is 11.7. The van der Waals surface area contributed by atoms with Crippen LogP contribution in [0.5, 0.6) is 0 Å². The molecule has 78 valence electrons. The van der Waals surface area contributed by atoms with Gasteiger partial charge in [-0.3, -0.25) is 9.78 Å². The molecular formula is C11H13N3O. The van der Waals surface area contributed by atoms with Gasteiger partial charge in [0.15, 0.2) is 0 Å². The average Bonchev–Trinajstić information content (AvgIpc) is 2.81. The standard InChI is InChI=1S/C11H13N3O/c12-3-6-1-2-8-9-7(4-13-10(6)8)5-14-11(9)15/h4,6H,1-3,5,12H2,(H,14,15). The summed E-state index contributed by atoms with van der Waals surface area (Å²) in [5, 5.41) is 2.84. The van der Waals surface area contributed by atoms with E-state index in [1.165, 1.54) is 0 Å². The monoisotopic (exact) mass is 203 g/mol. The van der Waals surface area contributed by atoms with Gasteiger partial charge in [0.1, 0.15) is 0 Å². The van der Waals surface area contributed by atoms with E-state index in [0.29, 0.717) is 19.0 Å². The highest BCUT2D eigenvalue weighted by molar-refractivity contribution is 6.00. The minimum Gasteiger partial charge on any atom is -0.348 e. The fourth-order valence-corrected chi connectivity index (χ4v) is 2.58. The van der Waals surface area contributed by atoms with Crippen LogP contribution >= 0.6 is 0 Å². The Bertz CT molecular complexity index is 442. The maximum Gasteiger partial charge on any atom is 0.252 e. The number of nitrogens with one attached hydrogen (secondary N) is 1. The topological polar surface area (TPSA) is 68.0 Å². The summed E-state index contributed by atoms with van der Waals surface area (Å²) in [6.07, 6.45) is 3.80. The summed E-state index contributed by atoms with van der Waals surface area (Å²) < 4.78 is 0. The first-order valence-corrected chi connectivity index (χ1v) is 5.30. The van der Waals surface area contributed by atoms with Crippen LogP contribution in [0.25, 0.3) is 0 Å². The molecule has 1 aromatic rings. The Morgan fingerprint density at radius 3 is 3.27 bits per heavy atom. The average molecular weight is 203 g/mol. The fourth-order valence-electron chi connectivity index (χ4n) is 2.58. The number of aromatic nitrogens is 1. The number of fused-ring (bicyclic) bond motifs is 3. The highest BCUT2D eigenvalue weighted by atomic mass is 16.1. The SMILES string of the molecule is NCC1CCc2c1ncc1c2C(=O)NC1. The van der Waals surface area contributed by atoms with Crippen molar-refractivity contribution in [3.63, 3.8) is 0 Å². The Kier molecular flexibility index (Phi) is 1.79. The normalized spacial score (nSPS) is 22.5. The van der Waals surface area contributed by atoms with Crippen LogP contribution in [0.4, 0.5) is 0 Å². The van der Waals surface area contributed by atoms with Crippen molar-refractivity contribution >= 4 is 5.91 Å². The van der Waals surface area contributed by atoms with Gasteiger partial charge in [-0.05, 0) is 18.4 Å². The Balaban J connectivity index is 2.18. The molecule has 4 nitrogen and oxygen atoms in total. The highest BCUT2D eigenvalue weighted by Crippen LogP contribution is 2.35. The van der Waals surface area contributed by atoms with Crippen LogP contribution in [0.15, 0.2) is 6.20 Å². The third-order valence-electron chi connectivity index (χ3n) is 3.37. The lowest BCUT2D eigenvalue weighted by atomic mass is 10.0. The van der Waals surface area contributed by atoms with Crippen LogP contribution in [0, 0.1) is 0 Å². The first kappa shape index (κ1) is 8.85. The largest absolute Gasteiger partial charge is 0.348 e. The van der Waals surface area contributed by atoms with E-state index in [9.17, 15) is 4.79 Å². The lowest BCUT2D eigenvalue weighted by Crippen LogP contribution is -2.14. The molecule has 2 heterocycles. The number of amides is 1. The maximum atomic E-state index is 11.7. The van der Waals surface area contributed by atoms with Gasteiger partial charge in [-0.15, -0.1) is 0 Å². The Labute approximate surface area is 87.9 Å². The predicted octanol–water partition coefficient (Wildman–Crippen LogP) is 0.313. The van der Waals surface area contributed by atoms with E-state index in [0.717, 1.165) is 35.2 Å². The summed E-state index contributed by atoms with van der Waals surface area (Å²) in [6, 6.07) is 0. The Hall–Kier alpha value is -1.42. The van der Waals surface area contributed by atoms with Crippen LogP contribution in [-0.4, -0.2) is 17.4 Å². The number of pyridine rings is 1. The number of nitrogens with zero attached hydrogens (tertiary/aromatic N) is 1. The van der Waals surface area contributed by atoms with Gasteiger partial charge in [0.2, 0.25) is 0 Å². The lowest BCUT2D eigenvalue weighted by molar-refractivity contribution is 0.0965. The summed E-state index contributed by atoms with van der Waals surface area (Å²) in [6.45, 7) is 1.25. The summed E-state index contributed by atoms with van der Waals surface area (Å²) >= 11 is 0. The minimum atomic E-state index is 0.0568. The van der Waals surface area contributed by atoms with Gasteiger partial charge in [-0.1, -0.05) is 0 Å². The van der Waals surface area contributed by atoms with Crippen LogP contribution in [0.3, 0.4) is 0 Å². The summed E-state index contributed by atoms with van der Waals surface area (Å²) in [5.41, 5.74) is 9.78. The van der Waals surface area contributed by atoms with Gasteiger partial charge in [0, 0.05) is 36.5 Å². The van der Waals surface area contributed by atoms with Crippen molar-refractivity contribution in [2.24, 2.45) is 5.73 Å². The van der Waals surface area contributed by atoms with Crippen LogP contribution in [0.2, 0.25) is 0 Å². The van der Waals surface area contributed by atoms with Crippen molar-refractivity contribution in [1.29, 1.82) is 0 Å². The summed E-state index contributed by atoms with van der Waals surface area (Å²) in [5.74, 6) is 0.403. The molecule has 1 unspecified atom stereocenters. The zero-order valence-electron chi connectivity index (χ0n) is 8.42.